The highest BCUT2D eigenvalue weighted by atomic mass is 16.6. The predicted octanol–water partition coefficient (Wildman–Crippen LogP) is 2.81. The Bertz CT molecular complexity index is 479. The van der Waals surface area contributed by atoms with Crippen molar-refractivity contribution in [3.05, 3.63) is 29.3 Å². The Balaban J connectivity index is 2.39. The number of aliphatic hydroxyl groups is 1. The highest BCUT2D eigenvalue weighted by Gasteiger charge is 2.32. The second-order valence-corrected chi connectivity index (χ2v) is 5.41. The summed E-state index contributed by atoms with van der Waals surface area (Å²) in [4.78, 5) is 11.8. The zero-order valence-electron chi connectivity index (χ0n) is 12.3. The summed E-state index contributed by atoms with van der Waals surface area (Å²) < 4.78 is 10.2. The molecule has 4 nitrogen and oxygen atoms in total. The van der Waals surface area contributed by atoms with Crippen LogP contribution in [0.4, 0.5) is 0 Å². The van der Waals surface area contributed by atoms with Gasteiger partial charge in [0.2, 0.25) is 0 Å². The topological polar surface area (TPSA) is 55.8 Å². The van der Waals surface area contributed by atoms with Crippen LogP contribution in [0.25, 0.3) is 0 Å². The van der Waals surface area contributed by atoms with E-state index in [9.17, 15) is 4.79 Å². The summed E-state index contributed by atoms with van der Waals surface area (Å²) in [6.45, 7) is 3.57. The molecule has 1 aliphatic carbocycles. The van der Waals surface area contributed by atoms with Crippen molar-refractivity contribution in [3.8, 4) is 5.75 Å². The second kappa shape index (κ2) is 6.27. The van der Waals surface area contributed by atoms with Gasteiger partial charge in [0.05, 0.1) is 13.0 Å². The van der Waals surface area contributed by atoms with E-state index in [1.165, 1.54) is 20.0 Å². The molecule has 1 aromatic carbocycles. The number of para-hydroxylation sites is 1. The first kappa shape index (κ1) is 14.9. The summed E-state index contributed by atoms with van der Waals surface area (Å²) in [6, 6.07) is 5.81. The van der Waals surface area contributed by atoms with Crippen LogP contribution in [-0.2, 0) is 9.53 Å². The van der Waals surface area contributed by atoms with Crippen LogP contribution in [-0.4, -0.2) is 25.0 Å². The summed E-state index contributed by atoms with van der Waals surface area (Å²) in [5.41, 5.74) is 1.84. The number of benzene rings is 1. The lowest BCUT2D eigenvalue weighted by Crippen LogP contribution is -2.14. The van der Waals surface area contributed by atoms with Crippen LogP contribution in [0, 0.1) is 5.92 Å². The molecular weight excluding hydrogens is 256 g/mol. The lowest BCUT2D eigenvalue weighted by Gasteiger charge is -2.21. The number of rotatable bonds is 6. The monoisotopic (exact) mass is 278 g/mol. The lowest BCUT2D eigenvalue weighted by molar-refractivity contribution is -0.142. The van der Waals surface area contributed by atoms with E-state index in [0.29, 0.717) is 17.6 Å². The minimum atomic E-state index is -0.409. The van der Waals surface area contributed by atoms with Crippen LogP contribution in [0.15, 0.2) is 18.2 Å². The van der Waals surface area contributed by atoms with E-state index in [4.69, 9.17) is 14.6 Å². The van der Waals surface area contributed by atoms with E-state index in [1.54, 1.807) is 6.92 Å². The number of aliphatic hydroxyl groups excluding tert-OH is 1. The molecule has 1 N–H and O–H groups in total. The number of esters is 1. The molecule has 0 spiro atoms. The van der Waals surface area contributed by atoms with Gasteiger partial charge in [0, 0.05) is 5.56 Å². The van der Waals surface area contributed by atoms with Crippen molar-refractivity contribution >= 4 is 5.97 Å². The van der Waals surface area contributed by atoms with E-state index in [0.717, 1.165) is 11.1 Å². The maximum atomic E-state index is 11.8. The van der Waals surface area contributed by atoms with Crippen molar-refractivity contribution in [2.24, 2.45) is 5.92 Å². The molecule has 4 heteroatoms. The normalized spacial score (nSPS) is 17.4. The fourth-order valence-corrected chi connectivity index (χ4v) is 2.66. The van der Waals surface area contributed by atoms with Crippen LogP contribution >= 0.6 is 0 Å². The molecule has 0 amide bonds. The van der Waals surface area contributed by atoms with Gasteiger partial charge in [-0.3, -0.25) is 4.79 Å². The van der Waals surface area contributed by atoms with Crippen LogP contribution in [0.2, 0.25) is 0 Å². The van der Waals surface area contributed by atoms with Crippen molar-refractivity contribution in [1.29, 1.82) is 0 Å². The number of carbonyl (C=O) groups is 1. The van der Waals surface area contributed by atoms with Crippen molar-refractivity contribution in [1.82, 2.24) is 0 Å². The van der Waals surface area contributed by atoms with Crippen molar-refractivity contribution in [3.63, 3.8) is 0 Å². The largest absolute Gasteiger partial charge is 0.469 e. The molecule has 0 aromatic heterocycles. The molecule has 1 aromatic rings. The second-order valence-electron chi connectivity index (χ2n) is 5.41. The van der Waals surface area contributed by atoms with E-state index < -0.39 is 12.7 Å². The lowest BCUT2D eigenvalue weighted by atomic mass is 9.90. The Kier molecular flexibility index (Phi) is 4.65. The molecule has 0 aliphatic heterocycles. The third kappa shape index (κ3) is 2.96. The van der Waals surface area contributed by atoms with Gasteiger partial charge in [-0.25, -0.2) is 0 Å². The molecule has 0 bridgehead atoms. The Labute approximate surface area is 119 Å². The molecule has 2 unspecified atom stereocenters. The third-order valence-electron chi connectivity index (χ3n) is 4.13. The first-order valence-corrected chi connectivity index (χ1v) is 7.04. The van der Waals surface area contributed by atoms with Gasteiger partial charge in [-0.05, 0) is 37.2 Å². The number of ether oxygens (including phenoxy) is 2. The average molecular weight is 278 g/mol. The van der Waals surface area contributed by atoms with Gasteiger partial charge in [0.25, 0.3) is 0 Å². The molecule has 0 heterocycles. The fraction of sp³-hybridized carbons (Fsp3) is 0.562. The van der Waals surface area contributed by atoms with E-state index in [1.807, 2.05) is 18.2 Å². The highest BCUT2D eigenvalue weighted by molar-refractivity contribution is 5.79. The van der Waals surface area contributed by atoms with Gasteiger partial charge < -0.3 is 14.6 Å². The fourth-order valence-electron chi connectivity index (χ4n) is 2.66. The van der Waals surface area contributed by atoms with Gasteiger partial charge in [0.1, 0.15) is 5.75 Å². The van der Waals surface area contributed by atoms with Gasteiger partial charge in [-0.1, -0.05) is 25.1 Å². The van der Waals surface area contributed by atoms with Gasteiger partial charge in [-0.15, -0.1) is 0 Å². The standard InChI is InChI=1S/C16H22O4/c1-10(12-7-8-12)13-5-4-6-14(15(13)20-9-17)11(2)16(18)19-3/h4-6,10-12,17H,7-9H2,1-3H3. The zero-order chi connectivity index (χ0) is 14.7. The Hall–Kier alpha value is -1.55. The van der Waals surface area contributed by atoms with Crippen molar-refractivity contribution < 1.29 is 19.4 Å². The van der Waals surface area contributed by atoms with E-state index in [-0.39, 0.29) is 5.97 Å². The third-order valence-corrected chi connectivity index (χ3v) is 4.13. The zero-order valence-corrected chi connectivity index (χ0v) is 12.3. The first-order valence-electron chi connectivity index (χ1n) is 7.04. The molecule has 1 aliphatic rings. The number of carbonyl (C=O) groups excluding carboxylic acids is 1. The van der Waals surface area contributed by atoms with Gasteiger partial charge in [-0.2, -0.15) is 0 Å². The smallest absolute Gasteiger partial charge is 0.312 e. The first-order chi connectivity index (χ1) is 9.60. The maximum Gasteiger partial charge on any atom is 0.312 e. The van der Waals surface area contributed by atoms with Crippen LogP contribution < -0.4 is 4.74 Å². The SMILES string of the molecule is COC(=O)C(C)c1cccc(C(C)C2CC2)c1OCO. The van der Waals surface area contributed by atoms with Crippen LogP contribution in [0.1, 0.15) is 49.7 Å². The number of methoxy groups -OCH3 is 1. The molecule has 0 radical (unpaired) electrons. The summed E-state index contributed by atoms with van der Waals surface area (Å²) in [6.07, 6.45) is 2.47. The van der Waals surface area contributed by atoms with E-state index >= 15 is 0 Å². The van der Waals surface area contributed by atoms with E-state index in [2.05, 4.69) is 6.92 Å². The quantitative estimate of drug-likeness (QED) is 0.642. The van der Waals surface area contributed by atoms with Crippen LogP contribution in [0.3, 0.4) is 0 Å². The Morgan fingerprint density at radius 2 is 2.00 bits per heavy atom. The summed E-state index contributed by atoms with van der Waals surface area (Å²) in [7, 11) is 1.38. The Morgan fingerprint density at radius 1 is 1.35 bits per heavy atom. The van der Waals surface area contributed by atoms with Crippen molar-refractivity contribution in [2.45, 2.75) is 38.5 Å². The van der Waals surface area contributed by atoms with Gasteiger partial charge >= 0.3 is 5.97 Å². The minimum Gasteiger partial charge on any atom is -0.469 e. The molecule has 20 heavy (non-hydrogen) atoms. The molecule has 1 fully saturated rings. The predicted molar refractivity (Wildman–Crippen MR) is 75.7 cm³/mol. The molecular formula is C16H22O4. The summed E-state index contributed by atoms with van der Waals surface area (Å²) in [5, 5.41) is 9.14. The number of hydrogen-bond acceptors (Lipinski definition) is 4. The summed E-state index contributed by atoms with van der Waals surface area (Å²) in [5.74, 6) is 0.977. The summed E-state index contributed by atoms with van der Waals surface area (Å²) >= 11 is 0. The number of hydrogen-bond donors (Lipinski definition) is 1. The molecule has 2 rings (SSSR count). The molecule has 1 saturated carbocycles. The van der Waals surface area contributed by atoms with Crippen molar-refractivity contribution in [2.75, 3.05) is 13.9 Å². The highest BCUT2D eigenvalue weighted by Crippen LogP contribution is 2.46. The van der Waals surface area contributed by atoms with Crippen LogP contribution in [0.5, 0.6) is 5.75 Å². The average Bonchev–Trinajstić information content (AvgIpc) is 3.30. The molecule has 2 atom stereocenters. The van der Waals surface area contributed by atoms with Gasteiger partial charge in [0.15, 0.2) is 6.79 Å². The Morgan fingerprint density at radius 3 is 2.55 bits per heavy atom. The molecule has 0 saturated heterocycles. The maximum absolute atomic E-state index is 11.8. The minimum absolute atomic E-state index is 0.302. The molecule has 110 valence electrons.